The molecule has 2 aromatic rings. The summed E-state index contributed by atoms with van der Waals surface area (Å²) in [6, 6.07) is 6.51. The number of rotatable bonds is 3. The van der Waals surface area contributed by atoms with E-state index < -0.39 is 0 Å². The second-order valence-corrected chi connectivity index (χ2v) is 4.47. The molecule has 1 atom stereocenters. The van der Waals surface area contributed by atoms with E-state index in [4.69, 9.17) is 0 Å². The zero-order chi connectivity index (χ0) is 11.5. The minimum atomic E-state index is 0.555. The van der Waals surface area contributed by atoms with Crippen LogP contribution in [0.5, 0.6) is 0 Å². The fourth-order valence-electron chi connectivity index (χ4n) is 2.27. The molecule has 1 unspecified atom stereocenters. The summed E-state index contributed by atoms with van der Waals surface area (Å²) in [5, 5.41) is 15.3. The summed E-state index contributed by atoms with van der Waals surface area (Å²) in [6.07, 6.45) is 4.49. The molecule has 0 spiro atoms. The topological polar surface area (TPSA) is 54.2 Å². The van der Waals surface area contributed by atoms with Gasteiger partial charge in [0.05, 0.1) is 6.54 Å². The summed E-state index contributed by atoms with van der Waals surface area (Å²) in [7, 11) is 0. The third kappa shape index (κ3) is 2.30. The van der Waals surface area contributed by atoms with Crippen LogP contribution in [0.15, 0.2) is 24.4 Å². The minimum absolute atomic E-state index is 0.555. The third-order valence-electron chi connectivity index (χ3n) is 3.23. The fraction of sp³-hybridized carbons (Fsp3) is 0.500. The third-order valence-corrected chi connectivity index (χ3v) is 3.23. The van der Waals surface area contributed by atoms with E-state index in [1.54, 1.807) is 0 Å². The van der Waals surface area contributed by atoms with Gasteiger partial charge in [-0.3, -0.25) is 4.40 Å². The van der Waals surface area contributed by atoms with Crippen LogP contribution in [0.2, 0.25) is 0 Å². The van der Waals surface area contributed by atoms with Crippen molar-refractivity contribution in [3.63, 3.8) is 0 Å². The molecule has 1 aliphatic heterocycles. The van der Waals surface area contributed by atoms with Gasteiger partial charge >= 0.3 is 0 Å². The highest BCUT2D eigenvalue weighted by Crippen LogP contribution is 2.05. The Morgan fingerprint density at radius 3 is 3.29 bits per heavy atom. The van der Waals surface area contributed by atoms with E-state index in [2.05, 4.69) is 20.8 Å². The van der Waals surface area contributed by atoms with Crippen molar-refractivity contribution in [1.29, 1.82) is 0 Å². The molecule has 5 nitrogen and oxygen atoms in total. The van der Waals surface area contributed by atoms with Crippen molar-refractivity contribution in [2.45, 2.75) is 25.4 Å². The van der Waals surface area contributed by atoms with E-state index >= 15 is 0 Å². The molecule has 1 fully saturated rings. The molecule has 0 radical (unpaired) electrons. The van der Waals surface area contributed by atoms with Gasteiger partial charge in [-0.1, -0.05) is 6.07 Å². The van der Waals surface area contributed by atoms with Gasteiger partial charge in [-0.05, 0) is 31.5 Å². The van der Waals surface area contributed by atoms with E-state index in [0.29, 0.717) is 6.04 Å². The highest BCUT2D eigenvalue weighted by Gasteiger charge is 2.13. The first-order chi connectivity index (χ1) is 8.43. The largest absolute Gasteiger partial charge is 0.315 e. The van der Waals surface area contributed by atoms with Crippen LogP contribution in [0.4, 0.5) is 0 Å². The van der Waals surface area contributed by atoms with Crippen molar-refractivity contribution in [3.05, 3.63) is 30.2 Å². The minimum Gasteiger partial charge on any atom is -0.315 e. The number of pyridine rings is 1. The zero-order valence-corrected chi connectivity index (χ0v) is 9.76. The Bertz CT molecular complexity index is 486. The Balaban J connectivity index is 1.68. The second kappa shape index (κ2) is 4.81. The maximum absolute atomic E-state index is 4.21. The van der Waals surface area contributed by atoms with Gasteiger partial charge < -0.3 is 10.6 Å². The molecule has 2 aromatic heterocycles. The van der Waals surface area contributed by atoms with Crippen LogP contribution < -0.4 is 10.6 Å². The molecule has 0 saturated carbocycles. The molecule has 0 amide bonds. The molecule has 1 saturated heterocycles. The highest BCUT2D eigenvalue weighted by atomic mass is 15.3. The van der Waals surface area contributed by atoms with Gasteiger partial charge in [0, 0.05) is 18.8 Å². The molecule has 0 bridgehead atoms. The first-order valence-electron chi connectivity index (χ1n) is 6.16. The first kappa shape index (κ1) is 10.7. The van der Waals surface area contributed by atoms with Crippen molar-refractivity contribution >= 4 is 5.65 Å². The lowest BCUT2D eigenvalue weighted by atomic mass is 10.1. The molecule has 1 aliphatic rings. The van der Waals surface area contributed by atoms with Gasteiger partial charge in [0.25, 0.3) is 0 Å². The maximum atomic E-state index is 4.21. The van der Waals surface area contributed by atoms with E-state index in [1.807, 2.05) is 28.8 Å². The SMILES string of the molecule is c1ccn2c(CNC3CCCNC3)nnc2c1. The van der Waals surface area contributed by atoms with Gasteiger partial charge in [-0.2, -0.15) is 0 Å². The summed E-state index contributed by atoms with van der Waals surface area (Å²) in [5.41, 5.74) is 0.908. The van der Waals surface area contributed by atoms with Crippen molar-refractivity contribution < 1.29 is 0 Å². The van der Waals surface area contributed by atoms with Gasteiger partial charge in [0.1, 0.15) is 0 Å². The number of aromatic nitrogens is 3. The van der Waals surface area contributed by atoms with Gasteiger partial charge in [-0.15, -0.1) is 10.2 Å². The number of fused-ring (bicyclic) bond motifs is 1. The van der Waals surface area contributed by atoms with E-state index in [-0.39, 0.29) is 0 Å². The number of nitrogens with zero attached hydrogens (tertiary/aromatic N) is 3. The van der Waals surface area contributed by atoms with Crippen molar-refractivity contribution in [1.82, 2.24) is 25.2 Å². The Kier molecular flexibility index (Phi) is 3.02. The van der Waals surface area contributed by atoms with E-state index in [9.17, 15) is 0 Å². The number of hydrogen-bond donors (Lipinski definition) is 2. The van der Waals surface area contributed by atoms with Gasteiger partial charge in [0.2, 0.25) is 0 Å². The smallest absolute Gasteiger partial charge is 0.160 e. The lowest BCUT2D eigenvalue weighted by molar-refractivity contribution is 0.385. The molecule has 3 heterocycles. The molecule has 5 heteroatoms. The Hall–Kier alpha value is -1.46. The number of piperidine rings is 1. The highest BCUT2D eigenvalue weighted by molar-refractivity contribution is 5.36. The predicted octanol–water partition coefficient (Wildman–Crippen LogP) is 0.571. The summed E-state index contributed by atoms with van der Waals surface area (Å²) in [5.74, 6) is 0.978. The van der Waals surface area contributed by atoms with Crippen molar-refractivity contribution in [3.8, 4) is 0 Å². The van der Waals surface area contributed by atoms with Crippen LogP contribution in [-0.2, 0) is 6.54 Å². The van der Waals surface area contributed by atoms with Crippen LogP contribution in [-0.4, -0.2) is 33.7 Å². The maximum Gasteiger partial charge on any atom is 0.160 e. The molecule has 0 aromatic carbocycles. The number of nitrogens with one attached hydrogen (secondary N) is 2. The Labute approximate surface area is 100 Å². The van der Waals surface area contributed by atoms with Crippen LogP contribution in [0.1, 0.15) is 18.7 Å². The second-order valence-electron chi connectivity index (χ2n) is 4.47. The van der Waals surface area contributed by atoms with E-state index in [1.165, 1.54) is 12.8 Å². The average molecular weight is 231 g/mol. The predicted molar refractivity (Wildman–Crippen MR) is 65.7 cm³/mol. The summed E-state index contributed by atoms with van der Waals surface area (Å²) in [6.45, 7) is 2.97. The standard InChI is InChI=1S/C12H17N5/c1-2-7-17-11(5-1)15-16-12(17)9-14-10-4-3-6-13-8-10/h1-2,5,7,10,13-14H,3-4,6,8-9H2. The molecule has 0 aliphatic carbocycles. The van der Waals surface area contributed by atoms with Gasteiger partial charge in [-0.25, -0.2) is 0 Å². The quantitative estimate of drug-likeness (QED) is 0.811. The molecular weight excluding hydrogens is 214 g/mol. The molecule has 17 heavy (non-hydrogen) atoms. The Morgan fingerprint density at radius 2 is 2.41 bits per heavy atom. The molecule has 3 rings (SSSR count). The summed E-state index contributed by atoms with van der Waals surface area (Å²) < 4.78 is 2.03. The Morgan fingerprint density at radius 1 is 1.41 bits per heavy atom. The molecule has 2 N–H and O–H groups in total. The first-order valence-corrected chi connectivity index (χ1v) is 6.16. The van der Waals surface area contributed by atoms with E-state index in [0.717, 1.165) is 31.1 Å². The summed E-state index contributed by atoms with van der Waals surface area (Å²) >= 11 is 0. The average Bonchev–Trinajstić information content (AvgIpc) is 2.81. The van der Waals surface area contributed by atoms with Crippen molar-refractivity contribution in [2.24, 2.45) is 0 Å². The normalized spacial score (nSPS) is 20.8. The lowest BCUT2D eigenvalue weighted by Crippen LogP contribution is -2.42. The zero-order valence-electron chi connectivity index (χ0n) is 9.76. The lowest BCUT2D eigenvalue weighted by Gasteiger charge is -2.23. The van der Waals surface area contributed by atoms with Crippen LogP contribution in [0, 0.1) is 0 Å². The van der Waals surface area contributed by atoms with Crippen LogP contribution in [0.3, 0.4) is 0 Å². The fourth-order valence-corrected chi connectivity index (χ4v) is 2.27. The monoisotopic (exact) mass is 231 g/mol. The van der Waals surface area contributed by atoms with Crippen LogP contribution in [0.25, 0.3) is 5.65 Å². The summed E-state index contributed by atoms with van der Waals surface area (Å²) in [4.78, 5) is 0. The van der Waals surface area contributed by atoms with Gasteiger partial charge in [0.15, 0.2) is 11.5 Å². The molecular formula is C12H17N5. The van der Waals surface area contributed by atoms with Crippen LogP contribution >= 0.6 is 0 Å². The number of hydrogen-bond acceptors (Lipinski definition) is 4. The molecule has 90 valence electrons. The van der Waals surface area contributed by atoms with Crippen molar-refractivity contribution in [2.75, 3.05) is 13.1 Å².